The van der Waals surface area contributed by atoms with Crippen LogP contribution in [0.25, 0.3) is 0 Å². The molecule has 0 aromatic heterocycles. The van der Waals surface area contributed by atoms with Crippen LogP contribution in [0.5, 0.6) is 0 Å². The minimum Gasteiger partial charge on any atom is -0.288 e. The lowest BCUT2D eigenvalue weighted by Crippen LogP contribution is -2.02. The molecule has 2 aliphatic heterocycles. The van der Waals surface area contributed by atoms with Gasteiger partial charge in [0, 0.05) is 20.9 Å². The lowest BCUT2D eigenvalue weighted by molar-refractivity contribution is 0.101. The van der Waals surface area contributed by atoms with Crippen LogP contribution in [0.2, 0.25) is 0 Å². The number of hydrogen-bond acceptors (Lipinski definition) is 4. The molecule has 2 aliphatic rings. The molecular formula is C18H12O2S2. The van der Waals surface area contributed by atoms with Gasteiger partial charge in [0.15, 0.2) is 0 Å². The molecule has 0 radical (unpaired) electrons. The SMILES string of the molecule is Cc1ccc2c(c1)C(=O)/C(=C1\Sc3ccc(C)cc3C1=O)S2. The van der Waals surface area contributed by atoms with E-state index < -0.39 is 0 Å². The summed E-state index contributed by atoms with van der Waals surface area (Å²) in [5.41, 5.74) is 3.55. The van der Waals surface area contributed by atoms with E-state index in [0.29, 0.717) is 20.9 Å². The number of benzene rings is 2. The van der Waals surface area contributed by atoms with Crippen molar-refractivity contribution in [2.75, 3.05) is 0 Å². The van der Waals surface area contributed by atoms with Gasteiger partial charge < -0.3 is 0 Å². The van der Waals surface area contributed by atoms with E-state index in [1.807, 2.05) is 50.2 Å². The lowest BCUT2D eigenvalue weighted by atomic mass is 10.0. The zero-order valence-corrected chi connectivity index (χ0v) is 13.7. The Morgan fingerprint density at radius 1 is 0.682 bits per heavy atom. The zero-order chi connectivity index (χ0) is 15.4. The molecule has 2 aromatic carbocycles. The van der Waals surface area contributed by atoms with Crippen molar-refractivity contribution >= 4 is 35.1 Å². The van der Waals surface area contributed by atoms with E-state index >= 15 is 0 Å². The molecule has 22 heavy (non-hydrogen) atoms. The molecule has 4 heteroatoms. The Hall–Kier alpha value is -1.78. The van der Waals surface area contributed by atoms with Crippen LogP contribution in [0, 0.1) is 13.8 Å². The third kappa shape index (κ3) is 1.98. The van der Waals surface area contributed by atoms with E-state index in [9.17, 15) is 9.59 Å². The standard InChI is InChI=1S/C18H12O2S2/c1-9-3-5-13-11(7-9)15(19)17(21-13)18-16(20)12-8-10(2)4-6-14(12)22-18/h3-8H,1-2H3/b18-17+. The molecular weight excluding hydrogens is 312 g/mol. The summed E-state index contributed by atoms with van der Waals surface area (Å²) in [6, 6.07) is 11.7. The van der Waals surface area contributed by atoms with Gasteiger partial charge in [0.2, 0.25) is 11.6 Å². The first-order valence-electron chi connectivity index (χ1n) is 6.95. The molecule has 0 bridgehead atoms. The van der Waals surface area contributed by atoms with Crippen molar-refractivity contribution in [1.29, 1.82) is 0 Å². The number of carbonyl (C=O) groups excluding carboxylic acids is 2. The third-order valence-electron chi connectivity index (χ3n) is 3.80. The smallest absolute Gasteiger partial charge is 0.202 e. The van der Waals surface area contributed by atoms with Crippen molar-refractivity contribution in [1.82, 2.24) is 0 Å². The largest absolute Gasteiger partial charge is 0.288 e. The first-order valence-corrected chi connectivity index (χ1v) is 8.58. The number of carbonyl (C=O) groups is 2. The first kappa shape index (κ1) is 13.9. The van der Waals surface area contributed by atoms with E-state index in [0.717, 1.165) is 20.9 Å². The van der Waals surface area contributed by atoms with Crippen LogP contribution in [0.4, 0.5) is 0 Å². The van der Waals surface area contributed by atoms with Crippen molar-refractivity contribution in [3.63, 3.8) is 0 Å². The molecule has 0 spiro atoms. The van der Waals surface area contributed by atoms with Gasteiger partial charge in [-0.25, -0.2) is 0 Å². The number of allylic oxidation sites excluding steroid dienone is 2. The number of hydrogen-bond donors (Lipinski definition) is 0. The quantitative estimate of drug-likeness (QED) is 0.652. The van der Waals surface area contributed by atoms with E-state index in [1.165, 1.54) is 23.5 Å². The van der Waals surface area contributed by atoms with Gasteiger partial charge in [-0.2, -0.15) is 0 Å². The van der Waals surface area contributed by atoms with Crippen LogP contribution in [0.15, 0.2) is 56.0 Å². The van der Waals surface area contributed by atoms with Crippen LogP contribution in [-0.4, -0.2) is 11.6 Å². The molecule has 2 aromatic rings. The number of ketones is 2. The first-order chi connectivity index (χ1) is 10.5. The molecule has 108 valence electrons. The Balaban J connectivity index is 1.82. The highest BCUT2D eigenvalue weighted by atomic mass is 32.2. The summed E-state index contributed by atoms with van der Waals surface area (Å²) in [6.45, 7) is 3.94. The van der Waals surface area contributed by atoms with Crippen molar-refractivity contribution < 1.29 is 9.59 Å². The Morgan fingerprint density at radius 2 is 1.09 bits per heavy atom. The Morgan fingerprint density at radius 3 is 1.50 bits per heavy atom. The minimum atomic E-state index is -0.0240. The summed E-state index contributed by atoms with van der Waals surface area (Å²) in [4.78, 5) is 28.3. The molecule has 0 aliphatic carbocycles. The van der Waals surface area contributed by atoms with Gasteiger partial charge in [-0.1, -0.05) is 46.8 Å². The van der Waals surface area contributed by atoms with E-state index in [2.05, 4.69) is 0 Å². The summed E-state index contributed by atoms with van der Waals surface area (Å²) < 4.78 is 0. The fraction of sp³-hybridized carbons (Fsp3) is 0.111. The van der Waals surface area contributed by atoms with Crippen LogP contribution in [-0.2, 0) is 0 Å². The highest BCUT2D eigenvalue weighted by Gasteiger charge is 2.36. The molecule has 2 heterocycles. The van der Waals surface area contributed by atoms with Gasteiger partial charge in [-0.05, 0) is 38.1 Å². The number of fused-ring (bicyclic) bond motifs is 2. The molecule has 0 saturated heterocycles. The van der Waals surface area contributed by atoms with Gasteiger partial charge in [0.05, 0.1) is 9.81 Å². The molecule has 0 N–H and O–H groups in total. The van der Waals surface area contributed by atoms with E-state index in [-0.39, 0.29) is 11.6 Å². The van der Waals surface area contributed by atoms with E-state index in [4.69, 9.17) is 0 Å². The summed E-state index contributed by atoms with van der Waals surface area (Å²) in [6.07, 6.45) is 0. The van der Waals surface area contributed by atoms with E-state index in [1.54, 1.807) is 0 Å². The zero-order valence-electron chi connectivity index (χ0n) is 12.1. The summed E-state index contributed by atoms with van der Waals surface area (Å²) in [5.74, 6) is -0.0480. The molecule has 0 saturated carbocycles. The molecule has 0 amide bonds. The third-order valence-corrected chi connectivity index (χ3v) is 6.27. The molecule has 0 unspecified atom stereocenters. The molecule has 0 atom stereocenters. The molecule has 0 fully saturated rings. The van der Waals surface area contributed by atoms with Gasteiger partial charge >= 0.3 is 0 Å². The number of thioether (sulfide) groups is 2. The fourth-order valence-corrected chi connectivity index (χ4v) is 4.94. The topological polar surface area (TPSA) is 34.1 Å². The number of aryl methyl sites for hydroxylation is 2. The highest BCUT2D eigenvalue weighted by Crippen LogP contribution is 2.49. The van der Waals surface area contributed by atoms with Crippen LogP contribution >= 0.6 is 23.5 Å². The van der Waals surface area contributed by atoms with Crippen molar-refractivity contribution in [3.05, 3.63) is 68.5 Å². The number of rotatable bonds is 0. The predicted molar refractivity (Wildman–Crippen MR) is 89.8 cm³/mol. The monoisotopic (exact) mass is 324 g/mol. The van der Waals surface area contributed by atoms with Gasteiger partial charge in [0.1, 0.15) is 0 Å². The maximum atomic E-state index is 12.7. The second-order valence-electron chi connectivity index (χ2n) is 5.52. The maximum absolute atomic E-state index is 12.7. The van der Waals surface area contributed by atoms with Crippen molar-refractivity contribution in [2.24, 2.45) is 0 Å². The minimum absolute atomic E-state index is 0.0240. The summed E-state index contributed by atoms with van der Waals surface area (Å²) in [7, 11) is 0. The normalized spacial score (nSPS) is 19.5. The Labute approximate surface area is 137 Å². The van der Waals surface area contributed by atoms with Crippen LogP contribution in [0.3, 0.4) is 0 Å². The second kappa shape index (κ2) is 4.86. The van der Waals surface area contributed by atoms with Crippen LogP contribution < -0.4 is 0 Å². The van der Waals surface area contributed by atoms with Crippen LogP contribution in [0.1, 0.15) is 31.8 Å². The van der Waals surface area contributed by atoms with Crippen molar-refractivity contribution in [2.45, 2.75) is 23.6 Å². The maximum Gasteiger partial charge on any atom is 0.202 e. The average Bonchev–Trinajstić information content (AvgIpc) is 2.98. The molecule has 2 nitrogen and oxygen atoms in total. The predicted octanol–water partition coefficient (Wildman–Crippen LogP) is 4.79. The Bertz CT molecular complexity index is 820. The second-order valence-corrected chi connectivity index (χ2v) is 7.62. The average molecular weight is 324 g/mol. The van der Waals surface area contributed by atoms with Gasteiger partial charge in [-0.3, -0.25) is 9.59 Å². The lowest BCUT2D eigenvalue weighted by Gasteiger charge is -1.98. The molecule has 4 rings (SSSR count). The summed E-state index contributed by atoms with van der Waals surface area (Å²) in [5, 5.41) is 0. The highest BCUT2D eigenvalue weighted by molar-refractivity contribution is 8.08. The van der Waals surface area contributed by atoms with Crippen molar-refractivity contribution in [3.8, 4) is 0 Å². The summed E-state index contributed by atoms with van der Waals surface area (Å²) >= 11 is 2.83. The number of Topliss-reactive ketones (excluding diaryl/α,β-unsaturated/α-hetero) is 2. The van der Waals surface area contributed by atoms with Gasteiger partial charge in [0.25, 0.3) is 0 Å². The van der Waals surface area contributed by atoms with Gasteiger partial charge in [-0.15, -0.1) is 0 Å². The Kier molecular flexibility index (Phi) is 3.06. The fourth-order valence-electron chi connectivity index (χ4n) is 2.68.